The maximum atomic E-state index is 13.8. The number of halogens is 1. The van der Waals surface area contributed by atoms with Crippen LogP contribution in [0.1, 0.15) is 67.7 Å². The number of hydrogen-bond acceptors (Lipinski definition) is 16. The van der Waals surface area contributed by atoms with Gasteiger partial charge in [-0.1, -0.05) is 31.6 Å². The van der Waals surface area contributed by atoms with Gasteiger partial charge < -0.3 is 68.4 Å². The number of aliphatic hydroxyl groups excluding tert-OH is 4. The maximum Gasteiger partial charge on any atom is 0.309 e. The molecule has 2 saturated heterocycles. The summed E-state index contributed by atoms with van der Waals surface area (Å²) in [7, 11) is 4.55. The van der Waals surface area contributed by atoms with Crippen molar-refractivity contribution in [1.29, 1.82) is 0 Å². The number of aliphatic hydroxyl groups is 4. The Morgan fingerprint density at radius 2 is 1.49 bits per heavy atom. The third-order valence-electron chi connectivity index (χ3n) is 11.1. The van der Waals surface area contributed by atoms with Gasteiger partial charge in [-0.3, -0.25) is 9.59 Å². The highest BCUT2D eigenvalue weighted by molar-refractivity contribution is 14.1. The number of rotatable bonds is 14. The molecule has 0 aliphatic carbocycles. The van der Waals surface area contributed by atoms with Crippen LogP contribution in [-0.2, 0) is 52.2 Å². The van der Waals surface area contributed by atoms with Crippen LogP contribution in [0.3, 0.4) is 0 Å². The van der Waals surface area contributed by atoms with Crippen LogP contribution < -0.4 is 5.32 Å². The van der Waals surface area contributed by atoms with Crippen molar-refractivity contribution in [2.24, 2.45) is 23.7 Å². The van der Waals surface area contributed by atoms with E-state index >= 15 is 0 Å². The van der Waals surface area contributed by atoms with Crippen LogP contribution in [0.25, 0.3) is 0 Å². The summed E-state index contributed by atoms with van der Waals surface area (Å²) in [4.78, 5) is 27.4. The fourth-order valence-corrected chi connectivity index (χ4v) is 8.40. The van der Waals surface area contributed by atoms with Gasteiger partial charge in [0.25, 0.3) is 0 Å². The number of ether oxygens (including phenoxy) is 9. The van der Waals surface area contributed by atoms with Gasteiger partial charge in [-0.05, 0) is 82.7 Å². The second-order valence-corrected chi connectivity index (χ2v) is 16.5. The van der Waals surface area contributed by atoms with Crippen LogP contribution >= 0.6 is 22.6 Å². The average Bonchev–Trinajstić information content (AvgIpc) is 3.16. The first-order valence-electron chi connectivity index (χ1n) is 20.0. The van der Waals surface area contributed by atoms with Crippen molar-refractivity contribution in [3.63, 3.8) is 0 Å². The van der Waals surface area contributed by atoms with Crippen molar-refractivity contribution in [1.82, 2.24) is 5.32 Å². The highest BCUT2D eigenvalue weighted by atomic mass is 127. The number of carbonyl (C=O) groups is 2. The minimum atomic E-state index is -1.30. The van der Waals surface area contributed by atoms with Crippen molar-refractivity contribution in [2.45, 2.75) is 152 Å². The van der Waals surface area contributed by atoms with Crippen LogP contribution in [0.5, 0.6) is 0 Å². The van der Waals surface area contributed by atoms with E-state index in [9.17, 15) is 30.0 Å². The van der Waals surface area contributed by atoms with E-state index in [2.05, 4.69) is 5.32 Å². The Morgan fingerprint density at radius 3 is 2.09 bits per heavy atom. The van der Waals surface area contributed by atoms with Gasteiger partial charge in [0.1, 0.15) is 24.4 Å². The summed E-state index contributed by atoms with van der Waals surface area (Å²) in [6.45, 7) is 13.2. The van der Waals surface area contributed by atoms with E-state index in [1.807, 2.05) is 56.4 Å². The fourth-order valence-electron chi connectivity index (χ4n) is 7.70. The molecule has 3 heterocycles. The topological polar surface area (TPSA) is 210 Å². The lowest BCUT2D eigenvalue weighted by molar-refractivity contribution is -0.303. The quantitative estimate of drug-likeness (QED) is 0.0734. The monoisotopic (exact) mass is 929 g/mol. The Morgan fingerprint density at radius 1 is 0.877 bits per heavy atom. The maximum absolute atomic E-state index is 13.8. The van der Waals surface area contributed by atoms with Crippen LogP contribution in [0.4, 0.5) is 0 Å². The minimum Gasteiger partial charge on any atom is -0.451 e. The van der Waals surface area contributed by atoms with Gasteiger partial charge in [0.05, 0.1) is 49.6 Å². The zero-order valence-corrected chi connectivity index (χ0v) is 37.2. The number of hydrogen-bond donors (Lipinski definition) is 5. The highest BCUT2D eigenvalue weighted by Gasteiger charge is 2.47. The Bertz CT molecular complexity index is 1290. The molecular weight excluding hydrogens is 861 g/mol. The average molecular weight is 930 g/mol. The zero-order valence-electron chi connectivity index (χ0n) is 35.0. The molecule has 330 valence electrons. The van der Waals surface area contributed by atoms with Crippen LogP contribution in [0.2, 0.25) is 0 Å². The fraction of sp³-hybridized carbons (Fsp3) is 0.850. The standard InChI is InChI=1S/C40H68INO15/c1-11-51-30(52-12-2)17-25-16-21(4)27(43)14-13-20(3)15-26(19-53-40-37(50-10)36(49-9)33(47)24(7)55-40)38(41)56-29(45)18-28(44)22(5)35(25)57-39-34(48)31(42-8)32(46)23(6)54-39/h13-15,21-26,28,30-40,42,44,46-48H,11-12,16-19H2,1-10H3/b14-13+,20-15+/t21-,22+,23-,24-,25-,26-,28-,31+,32-,33-,34-,35-,36-,37-,38+,39+,40?/m1/s1. The number of methoxy groups -OCH3 is 2. The van der Waals surface area contributed by atoms with Crippen molar-refractivity contribution in [3.8, 4) is 0 Å². The van der Waals surface area contributed by atoms with Gasteiger partial charge in [0.15, 0.2) is 28.8 Å². The predicted octanol–water partition coefficient (Wildman–Crippen LogP) is 2.40. The van der Waals surface area contributed by atoms with E-state index in [1.54, 1.807) is 33.9 Å². The number of esters is 1. The molecule has 3 aliphatic rings. The first-order valence-corrected chi connectivity index (χ1v) is 21.3. The third-order valence-corrected chi connectivity index (χ3v) is 12.3. The van der Waals surface area contributed by atoms with Crippen molar-refractivity contribution in [2.75, 3.05) is 41.1 Å². The Kier molecular flexibility index (Phi) is 21.4. The van der Waals surface area contributed by atoms with Crippen LogP contribution in [0, 0.1) is 23.7 Å². The summed E-state index contributed by atoms with van der Waals surface area (Å²) >= 11 is 2.00. The molecule has 0 amide bonds. The van der Waals surface area contributed by atoms with Gasteiger partial charge in [0, 0.05) is 51.6 Å². The first kappa shape index (κ1) is 50.2. The smallest absolute Gasteiger partial charge is 0.309 e. The molecule has 0 aromatic heterocycles. The van der Waals surface area contributed by atoms with E-state index in [-0.39, 0.29) is 25.2 Å². The summed E-state index contributed by atoms with van der Waals surface area (Å²) in [5.74, 6) is -3.17. The third kappa shape index (κ3) is 13.9. The molecule has 0 aromatic carbocycles. The lowest BCUT2D eigenvalue weighted by Gasteiger charge is -2.45. The van der Waals surface area contributed by atoms with E-state index < -0.39 is 120 Å². The molecule has 3 rings (SSSR count). The van der Waals surface area contributed by atoms with Crippen molar-refractivity contribution >= 4 is 34.3 Å². The number of alkyl halides is 1. The zero-order chi connectivity index (χ0) is 42.6. The number of carbonyl (C=O) groups excluding carboxylic acids is 2. The summed E-state index contributed by atoms with van der Waals surface area (Å²) in [6.07, 6.45) is -5.88. The Balaban J connectivity index is 2.00. The molecule has 1 unspecified atom stereocenters. The first-order chi connectivity index (χ1) is 27.0. The number of cyclic esters (lactones) is 1. The summed E-state index contributed by atoms with van der Waals surface area (Å²) in [6, 6.07) is -0.779. The molecule has 0 bridgehead atoms. The number of ketones is 1. The number of likely N-dealkylation sites (N-methyl/N-ethyl adjacent to an activating group) is 1. The van der Waals surface area contributed by atoms with Gasteiger partial charge in [-0.15, -0.1) is 0 Å². The number of nitrogens with one attached hydrogen (secondary N) is 1. The molecule has 3 aliphatic heterocycles. The van der Waals surface area contributed by atoms with E-state index in [0.717, 1.165) is 0 Å². The van der Waals surface area contributed by atoms with Gasteiger partial charge in [0.2, 0.25) is 0 Å². The van der Waals surface area contributed by atoms with E-state index in [0.29, 0.717) is 18.8 Å². The van der Waals surface area contributed by atoms with Crippen molar-refractivity contribution < 1.29 is 72.6 Å². The summed E-state index contributed by atoms with van der Waals surface area (Å²) in [5, 5.41) is 47.3. The molecule has 0 spiro atoms. The lowest BCUT2D eigenvalue weighted by Crippen LogP contribution is -2.63. The predicted molar refractivity (Wildman–Crippen MR) is 216 cm³/mol. The molecule has 5 N–H and O–H groups in total. The van der Waals surface area contributed by atoms with Gasteiger partial charge in [-0.25, -0.2) is 0 Å². The SMILES string of the molecule is CCOC(C[C@H]1C[C@@H](C)C(=O)/C=C/C(C)=C/[C@H](COC2O[C@H](C)[C@@H](O)[C@@H](OC)[C@H]2OC)[C@@H](I)OC(=O)C[C@@H](O)[C@H](C)[C@H]1O[C@@H]1O[C@H](C)[C@@H](O)[C@H](NC)[C@H]1O)OCC. The molecule has 16 nitrogen and oxygen atoms in total. The Hall–Kier alpha value is -1.17. The van der Waals surface area contributed by atoms with Crippen molar-refractivity contribution in [3.05, 3.63) is 23.8 Å². The van der Waals surface area contributed by atoms with Gasteiger partial charge in [-0.2, -0.15) is 0 Å². The molecule has 57 heavy (non-hydrogen) atoms. The molecule has 0 saturated carbocycles. The molecule has 17 heteroatoms. The van der Waals surface area contributed by atoms with E-state index in [4.69, 9.17) is 42.6 Å². The van der Waals surface area contributed by atoms with Crippen LogP contribution in [-0.4, -0.2) is 157 Å². The van der Waals surface area contributed by atoms with Gasteiger partial charge >= 0.3 is 5.97 Å². The second kappa shape index (κ2) is 24.3. The molecule has 17 atom stereocenters. The number of allylic oxidation sites excluding steroid dienone is 3. The molecule has 0 radical (unpaired) electrons. The lowest BCUT2D eigenvalue weighted by atomic mass is 9.79. The molecule has 2 fully saturated rings. The summed E-state index contributed by atoms with van der Waals surface area (Å²) < 4.78 is 52.8. The summed E-state index contributed by atoms with van der Waals surface area (Å²) in [5.41, 5.74) is 0.707. The normalized spacial score (nSPS) is 42.0. The van der Waals surface area contributed by atoms with Crippen LogP contribution in [0.15, 0.2) is 23.8 Å². The largest absolute Gasteiger partial charge is 0.451 e. The molecular formula is C40H68INO15. The second-order valence-electron chi connectivity index (χ2n) is 15.3. The molecule has 0 aromatic rings. The highest BCUT2D eigenvalue weighted by Crippen LogP contribution is 2.36. The Labute approximate surface area is 351 Å². The van der Waals surface area contributed by atoms with E-state index in [1.165, 1.54) is 20.3 Å². The minimum absolute atomic E-state index is 0.00200.